The SMILES string of the molecule is c1ccc(-c2ccc(-c3ccc(N(c4cccc5ccccc45)c4ccc(-c5ccccc5)c5ccccc45)cc3)cc2-c2ccccc2)cc1. The summed E-state index contributed by atoms with van der Waals surface area (Å²) in [6.45, 7) is 0. The Morgan fingerprint density at radius 2 is 0.745 bits per heavy atom. The van der Waals surface area contributed by atoms with Crippen LogP contribution >= 0.6 is 0 Å². The first-order chi connectivity index (χ1) is 25.3. The lowest BCUT2D eigenvalue weighted by Gasteiger charge is -2.29. The Balaban J connectivity index is 1.20. The minimum Gasteiger partial charge on any atom is -0.309 e. The Hall–Kier alpha value is -6.70. The Morgan fingerprint density at radius 1 is 0.255 bits per heavy atom. The molecule has 0 amide bonds. The van der Waals surface area contributed by atoms with Gasteiger partial charge in [0.15, 0.2) is 0 Å². The van der Waals surface area contributed by atoms with Crippen LogP contribution in [0, 0.1) is 0 Å². The van der Waals surface area contributed by atoms with Crippen molar-refractivity contribution in [1.82, 2.24) is 0 Å². The molecule has 0 saturated heterocycles. The van der Waals surface area contributed by atoms with Crippen LogP contribution in [0.15, 0.2) is 212 Å². The van der Waals surface area contributed by atoms with Gasteiger partial charge in [0.2, 0.25) is 0 Å². The summed E-state index contributed by atoms with van der Waals surface area (Å²) in [5, 5.41) is 4.87. The van der Waals surface area contributed by atoms with Crippen LogP contribution in [0.1, 0.15) is 0 Å². The van der Waals surface area contributed by atoms with E-state index in [1.54, 1.807) is 0 Å². The molecular weight excluding hydrogens is 615 g/mol. The zero-order chi connectivity index (χ0) is 34.0. The highest BCUT2D eigenvalue weighted by molar-refractivity contribution is 6.08. The normalized spacial score (nSPS) is 11.1. The zero-order valence-corrected chi connectivity index (χ0v) is 28.2. The molecule has 9 rings (SSSR count). The van der Waals surface area contributed by atoms with Crippen molar-refractivity contribution in [3.8, 4) is 44.5 Å². The zero-order valence-electron chi connectivity index (χ0n) is 28.2. The van der Waals surface area contributed by atoms with E-state index in [4.69, 9.17) is 0 Å². The van der Waals surface area contributed by atoms with Gasteiger partial charge in [-0.15, -0.1) is 0 Å². The van der Waals surface area contributed by atoms with Gasteiger partial charge in [0.25, 0.3) is 0 Å². The molecule has 0 heterocycles. The lowest BCUT2D eigenvalue weighted by Crippen LogP contribution is -2.11. The molecule has 1 nitrogen and oxygen atoms in total. The van der Waals surface area contributed by atoms with Crippen molar-refractivity contribution in [2.24, 2.45) is 0 Å². The van der Waals surface area contributed by atoms with Crippen molar-refractivity contribution in [1.29, 1.82) is 0 Å². The molecule has 0 aliphatic rings. The molecular formula is C50H35N. The van der Waals surface area contributed by atoms with E-state index in [0.29, 0.717) is 0 Å². The van der Waals surface area contributed by atoms with Crippen LogP contribution in [-0.4, -0.2) is 0 Å². The van der Waals surface area contributed by atoms with Crippen molar-refractivity contribution in [2.75, 3.05) is 4.90 Å². The van der Waals surface area contributed by atoms with Crippen LogP contribution in [-0.2, 0) is 0 Å². The quantitative estimate of drug-likeness (QED) is 0.166. The first kappa shape index (κ1) is 30.4. The summed E-state index contributed by atoms with van der Waals surface area (Å²) in [5.74, 6) is 0. The van der Waals surface area contributed by atoms with Crippen LogP contribution in [0.25, 0.3) is 66.1 Å². The summed E-state index contributed by atoms with van der Waals surface area (Å²) in [7, 11) is 0. The number of rotatable bonds is 7. The van der Waals surface area contributed by atoms with Gasteiger partial charge < -0.3 is 4.90 Å². The molecule has 0 atom stereocenters. The van der Waals surface area contributed by atoms with Gasteiger partial charge >= 0.3 is 0 Å². The van der Waals surface area contributed by atoms with Gasteiger partial charge in [-0.2, -0.15) is 0 Å². The molecule has 0 aliphatic heterocycles. The van der Waals surface area contributed by atoms with Crippen LogP contribution < -0.4 is 4.90 Å². The van der Waals surface area contributed by atoms with Gasteiger partial charge in [0, 0.05) is 16.5 Å². The highest BCUT2D eigenvalue weighted by Crippen LogP contribution is 2.45. The van der Waals surface area contributed by atoms with Crippen LogP contribution in [0.5, 0.6) is 0 Å². The van der Waals surface area contributed by atoms with E-state index in [1.165, 1.54) is 66.1 Å². The van der Waals surface area contributed by atoms with E-state index in [-0.39, 0.29) is 0 Å². The van der Waals surface area contributed by atoms with Crippen LogP contribution in [0.2, 0.25) is 0 Å². The fraction of sp³-hybridized carbons (Fsp3) is 0. The number of fused-ring (bicyclic) bond motifs is 2. The minimum absolute atomic E-state index is 1.11. The van der Waals surface area contributed by atoms with Gasteiger partial charge in [-0.25, -0.2) is 0 Å². The van der Waals surface area contributed by atoms with Crippen LogP contribution in [0.3, 0.4) is 0 Å². The predicted molar refractivity (Wildman–Crippen MR) is 218 cm³/mol. The molecule has 0 N–H and O–H groups in total. The van der Waals surface area contributed by atoms with Crippen molar-refractivity contribution in [2.45, 2.75) is 0 Å². The third-order valence-electron chi connectivity index (χ3n) is 9.88. The fourth-order valence-electron chi connectivity index (χ4n) is 7.41. The molecule has 0 bridgehead atoms. The van der Waals surface area contributed by atoms with E-state index in [9.17, 15) is 0 Å². The largest absolute Gasteiger partial charge is 0.309 e. The monoisotopic (exact) mass is 649 g/mol. The van der Waals surface area contributed by atoms with Gasteiger partial charge in [0.1, 0.15) is 0 Å². The topological polar surface area (TPSA) is 3.24 Å². The van der Waals surface area contributed by atoms with Gasteiger partial charge in [-0.3, -0.25) is 0 Å². The highest BCUT2D eigenvalue weighted by Gasteiger charge is 2.19. The minimum atomic E-state index is 1.11. The van der Waals surface area contributed by atoms with Gasteiger partial charge in [-0.05, 0) is 85.6 Å². The summed E-state index contributed by atoms with van der Waals surface area (Å²) in [4.78, 5) is 2.43. The standard InChI is InChI=1S/C50H35N/c1-4-15-37(16-5-1)43-33-34-50(47-25-13-12-24-46(43)47)51(49-26-14-22-39-21-10-11-23-45(39)49)42-30-27-36(28-31-42)41-29-32-44(38-17-6-2-7-18-38)48(35-41)40-19-8-3-9-20-40/h1-35H. The summed E-state index contributed by atoms with van der Waals surface area (Å²) in [5.41, 5.74) is 13.1. The summed E-state index contributed by atoms with van der Waals surface area (Å²) < 4.78 is 0. The third-order valence-corrected chi connectivity index (χ3v) is 9.88. The summed E-state index contributed by atoms with van der Waals surface area (Å²) >= 11 is 0. The molecule has 0 unspecified atom stereocenters. The molecule has 51 heavy (non-hydrogen) atoms. The Bertz CT molecular complexity index is 2600. The molecule has 9 aromatic rings. The second-order valence-corrected chi connectivity index (χ2v) is 12.9. The molecule has 240 valence electrons. The average Bonchev–Trinajstić information content (AvgIpc) is 3.22. The maximum absolute atomic E-state index is 2.43. The first-order valence-electron chi connectivity index (χ1n) is 17.5. The van der Waals surface area contributed by atoms with Crippen molar-refractivity contribution in [3.05, 3.63) is 212 Å². The lowest BCUT2D eigenvalue weighted by atomic mass is 9.91. The summed E-state index contributed by atoms with van der Waals surface area (Å²) in [6, 6.07) is 76.6. The van der Waals surface area contributed by atoms with Gasteiger partial charge in [0.05, 0.1) is 11.4 Å². The molecule has 0 fully saturated rings. The maximum atomic E-state index is 2.43. The average molecular weight is 650 g/mol. The van der Waals surface area contributed by atoms with Crippen molar-refractivity contribution in [3.63, 3.8) is 0 Å². The molecule has 9 aromatic carbocycles. The first-order valence-corrected chi connectivity index (χ1v) is 17.5. The van der Waals surface area contributed by atoms with Crippen molar-refractivity contribution < 1.29 is 0 Å². The summed E-state index contributed by atoms with van der Waals surface area (Å²) in [6.07, 6.45) is 0. The van der Waals surface area contributed by atoms with E-state index >= 15 is 0 Å². The molecule has 0 aromatic heterocycles. The number of anilines is 3. The lowest BCUT2D eigenvalue weighted by molar-refractivity contribution is 1.31. The van der Waals surface area contributed by atoms with E-state index in [2.05, 4.69) is 217 Å². The van der Waals surface area contributed by atoms with E-state index in [0.717, 1.165) is 17.1 Å². The smallest absolute Gasteiger partial charge is 0.0540 e. The fourth-order valence-corrected chi connectivity index (χ4v) is 7.41. The Labute approximate surface area is 299 Å². The number of benzene rings is 9. The second-order valence-electron chi connectivity index (χ2n) is 12.9. The molecule has 0 spiro atoms. The molecule has 0 radical (unpaired) electrons. The molecule has 1 heteroatoms. The number of nitrogens with zero attached hydrogens (tertiary/aromatic N) is 1. The Kier molecular flexibility index (Phi) is 7.92. The van der Waals surface area contributed by atoms with Crippen molar-refractivity contribution >= 4 is 38.6 Å². The predicted octanol–water partition coefficient (Wildman–Crippen LogP) is 14.1. The van der Waals surface area contributed by atoms with Gasteiger partial charge in [-0.1, -0.05) is 182 Å². The highest BCUT2D eigenvalue weighted by atomic mass is 15.1. The van der Waals surface area contributed by atoms with E-state index in [1.807, 2.05) is 0 Å². The maximum Gasteiger partial charge on any atom is 0.0540 e. The molecule has 0 aliphatic carbocycles. The number of hydrogen-bond donors (Lipinski definition) is 0. The van der Waals surface area contributed by atoms with E-state index < -0.39 is 0 Å². The third kappa shape index (κ3) is 5.75. The van der Waals surface area contributed by atoms with Crippen LogP contribution in [0.4, 0.5) is 17.1 Å². The Morgan fingerprint density at radius 3 is 1.43 bits per heavy atom. The molecule has 0 saturated carbocycles. The number of hydrogen-bond acceptors (Lipinski definition) is 1. The second kappa shape index (κ2) is 13.3.